The van der Waals surface area contributed by atoms with Crippen molar-refractivity contribution in [1.82, 2.24) is 0 Å². The molecular weight excluding hydrogens is 148 g/mol. The highest BCUT2D eigenvalue weighted by Crippen LogP contribution is 2.27. The SMILES string of the molecule is O=CC1=CCC2C=CC1C=CC2. The molecule has 2 rings (SSSR count). The Morgan fingerprint density at radius 2 is 2.17 bits per heavy atom. The largest absolute Gasteiger partial charge is 0.298 e. The molecule has 0 aromatic rings. The van der Waals surface area contributed by atoms with Crippen LogP contribution in [0.4, 0.5) is 0 Å². The third-order valence-corrected chi connectivity index (χ3v) is 2.55. The van der Waals surface area contributed by atoms with Crippen molar-refractivity contribution in [3.8, 4) is 0 Å². The van der Waals surface area contributed by atoms with E-state index < -0.39 is 0 Å². The molecule has 2 aliphatic carbocycles. The van der Waals surface area contributed by atoms with E-state index in [4.69, 9.17) is 0 Å². The Morgan fingerprint density at radius 1 is 1.25 bits per heavy atom. The summed E-state index contributed by atoms with van der Waals surface area (Å²) < 4.78 is 0. The molecule has 1 nitrogen and oxygen atoms in total. The maximum absolute atomic E-state index is 10.7. The molecule has 0 aliphatic heterocycles. The molecule has 2 bridgehead atoms. The summed E-state index contributed by atoms with van der Waals surface area (Å²) in [6.45, 7) is 0. The van der Waals surface area contributed by atoms with Gasteiger partial charge in [0.1, 0.15) is 6.29 Å². The first-order chi connectivity index (χ1) is 5.90. The lowest BCUT2D eigenvalue weighted by molar-refractivity contribution is -0.105. The van der Waals surface area contributed by atoms with Crippen LogP contribution in [-0.2, 0) is 4.79 Å². The van der Waals surface area contributed by atoms with E-state index in [2.05, 4.69) is 30.4 Å². The molecule has 0 N–H and O–H groups in total. The second kappa shape index (κ2) is 3.10. The summed E-state index contributed by atoms with van der Waals surface area (Å²) in [6, 6.07) is 0. The van der Waals surface area contributed by atoms with Crippen molar-refractivity contribution in [2.24, 2.45) is 11.8 Å². The Hall–Kier alpha value is -1.11. The Balaban J connectivity index is 2.35. The molecule has 1 heteroatoms. The van der Waals surface area contributed by atoms with Crippen LogP contribution in [0.25, 0.3) is 0 Å². The molecule has 0 aromatic carbocycles. The van der Waals surface area contributed by atoms with Gasteiger partial charge in [0, 0.05) is 5.92 Å². The highest BCUT2D eigenvalue weighted by atomic mass is 16.1. The third kappa shape index (κ3) is 1.27. The van der Waals surface area contributed by atoms with Gasteiger partial charge in [0.2, 0.25) is 0 Å². The van der Waals surface area contributed by atoms with Gasteiger partial charge in [-0.2, -0.15) is 0 Å². The molecule has 2 atom stereocenters. The minimum atomic E-state index is 0.245. The Morgan fingerprint density at radius 3 is 3.00 bits per heavy atom. The first kappa shape index (κ1) is 7.53. The molecular formula is C11H12O. The fourth-order valence-corrected chi connectivity index (χ4v) is 1.77. The summed E-state index contributed by atoms with van der Waals surface area (Å²) in [5.41, 5.74) is 0.921. The number of carbonyl (C=O) groups excluding carboxylic acids is 1. The average Bonchev–Trinajstić information content (AvgIpc) is 2.37. The highest BCUT2D eigenvalue weighted by Gasteiger charge is 2.15. The normalized spacial score (nSPS) is 32.5. The standard InChI is InChI=1S/C11H12O/c12-8-11-7-5-9-2-1-3-10(11)6-4-9/h1,3-4,6-10H,2,5H2. The molecule has 0 heterocycles. The van der Waals surface area contributed by atoms with Crippen molar-refractivity contribution in [3.05, 3.63) is 36.0 Å². The minimum Gasteiger partial charge on any atom is -0.298 e. The van der Waals surface area contributed by atoms with Crippen molar-refractivity contribution in [1.29, 1.82) is 0 Å². The van der Waals surface area contributed by atoms with Crippen molar-refractivity contribution < 1.29 is 4.79 Å². The molecule has 2 aliphatic rings. The first-order valence-corrected chi connectivity index (χ1v) is 4.40. The smallest absolute Gasteiger partial charge is 0.146 e. The van der Waals surface area contributed by atoms with Gasteiger partial charge in [0.05, 0.1) is 0 Å². The van der Waals surface area contributed by atoms with Crippen LogP contribution in [0.2, 0.25) is 0 Å². The van der Waals surface area contributed by atoms with Crippen LogP contribution in [0.5, 0.6) is 0 Å². The number of hydrogen-bond acceptors (Lipinski definition) is 1. The van der Waals surface area contributed by atoms with E-state index in [0.29, 0.717) is 5.92 Å². The predicted octanol–water partition coefficient (Wildman–Crippen LogP) is 2.26. The van der Waals surface area contributed by atoms with Crippen LogP contribution in [0.3, 0.4) is 0 Å². The van der Waals surface area contributed by atoms with Crippen LogP contribution in [0.1, 0.15) is 12.8 Å². The van der Waals surface area contributed by atoms with E-state index in [1.54, 1.807) is 0 Å². The monoisotopic (exact) mass is 160 g/mol. The molecule has 0 saturated heterocycles. The predicted molar refractivity (Wildman–Crippen MR) is 48.6 cm³/mol. The van der Waals surface area contributed by atoms with E-state index >= 15 is 0 Å². The van der Waals surface area contributed by atoms with Crippen molar-refractivity contribution in [2.45, 2.75) is 12.8 Å². The maximum Gasteiger partial charge on any atom is 0.146 e. The van der Waals surface area contributed by atoms with Gasteiger partial charge in [-0.1, -0.05) is 30.4 Å². The lowest BCUT2D eigenvalue weighted by Gasteiger charge is -2.08. The second-order valence-corrected chi connectivity index (χ2v) is 3.39. The summed E-state index contributed by atoms with van der Waals surface area (Å²) in [7, 11) is 0. The van der Waals surface area contributed by atoms with E-state index in [-0.39, 0.29) is 5.92 Å². The maximum atomic E-state index is 10.7. The first-order valence-electron chi connectivity index (χ1n) is 4.40. The van der Waals surface area contributed by atoms with Gasteiger partial charge in [0.15, 0.2) is 0 Å². The van der Waals surface area contributed by atoms with Gasteiger partial charge in [-0.15, -0.1) is 0 Å². The molecule has 0 aromatic heterocycles. The molecule has 0 amide bonds. The minimum absolute atomic E-state index is 0.245. The van der Waals surface area contributed by atoms with Crippen molar-refractivity contribution in [2.75, 3.05) is 0 Å². The number of allylic oxidation sites excluding steroid dienone is 6. The van der Waals surface area contributed by atoms with Gasteiger partial charge in [-0.25, -0.2) is 0 Å². The van der Waals surface area contributed by atoms with Gasteiger partial charge >= 0.3 is 0 Å². The van der Waals surface area contributed by atoms with Gasteiger partial charge in [0.25, 0.3) is 0 Å². The fraction of sp³-hybridized carbons (Fsp3) is 0.364. The van der Waals surface area contributed by atoms with E-state index in [1.807, 2.05) is 0 Å². The molecule has 0 spiro atoms. The van der Waals surface area contributed by atoms with Crippen LogP contribution in [0.15, 0.2) is 36.0 Å². The van der Waals surface area contributed by atoms with Crippen LogP contribution < -0.4 is 0 Å². The number of hydrogen-bond donors (Lipinski definition) is 0. The zero-order valence-corrected chi connectivity index (χ0v) is 6.94. The zero-order chi connectivity index (χ0) is 8.39. The van der Waals surface area contributed by atoms with E-state index in [1.165, 1.54) is 0 Å². The second-order valence-electron chi connectivity index (χ2n) is 3.39. The number of carbonyl (C=O) groups is 1. The van der Waals surface area contributed by atoms with Crippen LogP contribution in [0, 0.1) is 11.8 Å². The Kier molecular flexibility index (Phi) is 1.94. The van der Waals surface area contributed by atoms with E-state index in [9.17, 15) is 4.79 Å². The topological polar surface area (TPSA) is 17.1 Å². The quantitative estimate of drug-likeness (QED) is 0.425. The number of aldehydes is 1. The van der Waals surface area contributed by atoms with Crippen LogP contribution in [-0.4, -0.2) is 6.29 Å². The molecule has 2 unspecified atom stereocenters. The van der Waals surface area contributed by atoms with E-state index in [0.717, 1.165) is 24.7 Å². The summed E-state index contributed by atoms with van der Waals surface area (Å²) in [5.74, 6) is 0.860. The third-order valence-electron chi connectivity index (χ3n) is 2.55. The summed E-state index contributed by atoms with van der Waals surface area (Å²) >= 11 is 0. The number of rotatable bonds is 1. The molecule has 0 radical (unpaired) electrons. The van der Waals surface area contributed by atoms with Crippen LogP contribution >= 0.6 is 0 Å². The highest BCUT2D eigenvalue weighted by molar-refractivity contribution is 5.75. The molecule has 12 heavy (non-hydrogen) atoms. The van der Waals surface area contributed by atoms with Crippen molar-refractivity contribution in [3.63, 3.8) is 0 Å². The average molecular weight is 160 g/mol. The summed E-state index contributed by atoms with van der Waals surface area (Å²) in [4.78, 5) is 10.7. The lowest BCUT2D eigenvalue weighted by Crippen LogP contribution is -1.99. The zero-order valence-electron chi connectivity index (χ0n) is 6.94. The fourth-order valence-electron chi connectivity index (χ4n) is 1.77. The van der Waals surface area contributed by atoms with Gasteiger partial charge in [-0.05, 0) is 24.3 Å². The van der Waals surface area contributed by atoms with Gasteiger partial charge < -0.3 is 0 Å². The molecule has 0 saturated carbocycles. The Labute approximate surface area is 72.5 Å². The number of fused-ring (bicyclic) bond motifs is 2. The Bertz CT molecular complexity index is 271. The summed E-state index contributed by atoms with van der Waals surface area (Å²) in [6.07, 6.45) is 13.9. The molecule has 0 fully saturated rings. The summed E-state index contributed by atoms with van der Waals surface area (Å²) in [5, 5.41) is 0. The van der Waals surface area contributed by atoms with Gasteiger partial charge in [-0.3, -0.25) is 4.79 Å². The van der Waals surface area contributed by atoms with Crippen molar-refractivity contribution >= 4 is 6.29 Å². The molecule has 62 valence electrons. The lowest BCUT2D eigenvalue weighted by atomic mass is 9.96.